The predicted molar refractivity (Wildman–Crippen MR) is 112 cm³/mol. The van der Waals surface area contributed by atoms with Crippen LogP contribution in [-0.4, -0.2) is 10.9 Å². The van der Waals surface area contributed by atoms with Crippen molar-refractivity contribution in [2.45, 2.75) is 23.3 Å². The molecule has 3 aromatic carbocycles. The molecule has 0 atom stereocenters. The van der Waals surface area contributed by atoms with Gasteiger partial charge in [0.1, 0.15) is 6.61 Å². The van der Waals surface area contributed by atoms with E-state index in [-0.39, 0.29) is 17.9 Å². The summed E-state index contributed by atoms with van der Waals surface area (Å²) < 4.78 is 6.21. The number of carbonyl (C=O) groups excluding carboxylic acids is 1. The monoisotopic (exact) mass is 457 g/mol. The van der Waals surface area contributed by atoms with Crippen LogP contribution in [0.3, 0.4) is 0 Å². The van der Waals surface area contributed by atoms with Gasteiger partial charge in [-0.1, -0.05) is 57.5 Å². The Kier molecular flexibility index (Phi) is 6.49. The lowest BCUT2D eigenvalue weighted by Crippen LogP contribution is -2.06. The van der Waals surface area contributed by atoms with Gasteiger partial charge in [0.25, 0.3) is 5.69 Å². The summed E-state index contributed by atoms with van der Waals surface area (Å²) in [4.78, 5) is 24.7. The molecule has 3 aromatic rings. The number of ether oxygens (including phenoxy) is 1. The summed E-state index contributed by atoms with van der Waals surface area (Å²) in [6, 6.07) is 19.5. The van der Waals surface area contributed by atoms with E-state index in [1.54, 1.807) is 12.1 Å². The Labute approximate surface area is 175 Å². The zero-order valence-electron chi connectivity index (χ0n) is 14.9. The molecule has 0 aliphatic carbocycles. The summed E-state index contributed by atoms with van der Waals surface area (Å²) in [6.45, 7) is 2.07. The van der Waals surface area contributed by atoms with Crippen LogP contribution in [0.1, 0.15) is 21.5 Å². The van der Waals surface area contributed by atoms with Gasteiger partial charge in [-0.2, -0.15) is 0 Å². The molecule has 0 spiro atoms. The smallest absolute Gasteiger partial charge is 0.338 e. The molecule has 28 heavy (non-hydrogen) atoms. The molecule has 0 aliphatic rings. The zero-order valence-corrected chi connectivity index (χ0v) is 17.3. The van der Waals surface area contributed by atoms with Gasteiger partial charge in [-0.25, -0.2) is 4.79 Å². The van der Waals surface area contributed by atoms with Crippen LogP contribution < -0.4 is 0 Å². The largest absolute Gasteiger partial charge is 0.457 e. The van der Waals surface area contributed by atoms with E-state index in [1.165, 1.54) is 17.8 Å². The van der Waals surface area contributed by atoms with Gasteiger partial charge in [-0.05, 0) is 48.9 Å². The van der Waals surface area contributed by atoms with Crippen molar-refractivity contribution in [3.05, 3.63) is 98.0 Å². The second kappa shape index (κ2) is 9.03. The summed E-state index contributed by atoms with van der Waals surface area (Å²) in [5, 5.41) is 11.5. The molecule has 0 amide bonds. The molecular weight excluding hydrogens is 442 g/mol. The van der Waals surface area contributed by atoms with Crippen LogP contribution >= 0.6 is 27.7 Å². The maximum Gasteiger partial charge on any atom is 0.338 e. The lowest BCUT2D eigenvalue weighted by molar-refractivity contribution is -0.387. The van der Waals surface area contributed by atoms with Gasteiger partial charge >= 0.3 is 5.97 Å². The van der Waals surface area contributed by atoms with Gasteiger partial charge in [0.15, 0.2) is 0 Å². The molecule has 0 heterocycles. The Hall–Kier alpha value is -2.64. The van der Waals surface area contributed by atoms with Crippen LogP contribution in [-0.2, 0) is 11.3 Å². The molecule has 0 unspecified atom stereocenters. The summed E-state index contributed by atoms with van der Waals surface area (Å²) in [7, 11) is 0. The molecule has 7 heteroatoms. The van der Waals surface area contributed by atoms with Gasteiger partial charge in [-0.3, -0.25) is 10.1 Å². The third-order valence-electron chi connectivity index (χ3n) is 3.92. The van der Waals surface area contributed by atoms with E-state index >= 15 is 0 Å². The van der Waals surface area contributed by atoms with Crippen molar-refractivity contribution in [3.8, 4) is 0 Å². The van der Waals surface area contributed by atoms with E-state index in [2.05, 4.69) is 15.9 Å². The number of nitro benzene ring substituents is 1. The molecule has 0 bridgehead atoms. The van der Waals surface area contributed by atoms with Crippen molar-refractivity contribution < 1.29 is 14.5 Å². The average Bonchev–Trinajstić information content (AvgIpc) is 2.69. The number of esters is 1. The van der Waals surface area contributed by atoms with Crippen molar-refractivity contribution in [1.82, 2.24) is 0 Å². The van der Waals surface area contributed by atoms with E-state index < -0.39 is 10.9 Å². The van der Waals surface area contributed by atoms with Crippen molar-refractivity contribution in [2.75, 3.05) is 0 Å². The molecule has 3 rings (SSSR count). The highest BCUT2D eigenvalue weighted by Gasteiger charge is 2.19. The average molecular weight is 458 g/mol. The van der Waals surface area contributed by atoms with Crippen molar-refractivity contribution >= 4 is 39.3 Å². The van der Waals surface area contributed by atoms with Gasteiger partial charge in [0, 0.05) is 15.4 Å². The summed E-state index contributed by atoms with van der Waals surface area (Å²) in [5.74, 6) is -0.599. The number of hydrogen-bond donors (Lipinski definition) is 0. The van der Waals surface area contributed by atoms with Crippen LogP contribution in [0.15, 0.2) is 81.0 Å². The molecule has 142 valence electrons. The Balaban J connectivity index is 1.75. The van der Waals surface area contributed by atoms with E-state index in [9.17, 15) is 14.9 Å². The van der Waals surface area contributed by atoms with Gasteiger partial charge in [0.2, 0.25) is 0 Å². The van der Waals surface area contributed by atoms with Crippen LogP contribution in [0.4, 0.5) is 5.69 Å². The van der Waals surface area contributed by atoms with Gasteiger partial charge < -0.3 is 4.74 Å². The minimum absolute atomic E-state index is 0.0970. The Morgan fingerprint density at radius 3 is 2.39 bits per heavy atom. The number of benzene rings is 3. The van der Waals surface area contributed by atoms with Crippen molar-refractivity contribution in [1.29, 1.82) is 0 Å². The zero-order chi connectivity index (χ0) is 20.1. The lowest BCUT2D eigenvalue weighted by Gasteiger charge is -2.07. The van der Waals surface area contributed by atoms with Crippen LogP contribution in [0.25, 0.3) is 0 Å². The highest BCUT2D eigenvalue weighted by molar-refractivity contribution is 9.10. The Bertz CT molecular complexity index is 1000. The first-order chi connectivity index (χ1) is 13.4. The Morgan fingerprint density at radius 1 is 1.07 bits per heavy atom. The van der Waals surface area contributed by atoms with Crippen molar-refractivity contribution in [3.63, 3.8) is 0 Å². The third kappa shape index (κ3) is 5.21. The lowest BCUT2D eigenvalue weighted by atomic mass is 10.2. The molecule has 0 N–H and O–H groups in total. The molecule has 0 fully saturated rings. The second-order valence-electron chi connectivity index (χ2n) is 6.06. The SMILES string of the molecule is Cc1ccc(Sc2ccc(C(=O)OCc3ccc(Br)cc3)cc2[N+](=O)[O-])cc1. The fraction of sp³-hybridized carbons (Fsp3) is 0.0952. The fourth-order valence-electron chi connectivity index (χ4n) is 2.42. The first-order valence-electron chi connectivity index (χ1n) is 8.37. The molecule has 0 aromatic heterocycles. The molecule has 0 radical (unpaired) electrons. The predicted octanol–water partition coefficient (Wildman–Crippen LogP) is 6.17. The highest BCUT2D eigenvalue weighted by atomic mass is 79.9. The van der Waals surface area contributed by atoms with Crippen molar-refractivity contribution in [2.24, 2.45) is 0 Å². The number of nitrogens with zero attached hydrogens (tertiary/aromatic N) is 1. The quantitative estimate of drug-likeness (QED) is 0.251. The summed E-state index contributed by atoms with van der Waals surface area (Å²) >= 11 is 4.63. The number of carbonyl (C=O) groups is 1. The first kappa shape index (κ1) is 20.1. The maximum atomic E-state index is 12.3. The number of rotatable bonds is 6. The summed E-state index contributed by atoms with van der Waals surface area (Å²) in [5.41, 5.74) is 1.97. The highest BCUT2D eigenvalue weighted by Crippen LogP contribution is 2.35. The van der Waals surface area contributed by atoms with Crippen LogP contribution in [0.2, 0.25) is 0 Å². The van der Waals surface area contributed by atoms with E-state index in [0.29, 0.717) is 4.90 Å². The molecule has 0 saturated carbocycles. The molecular formula is C21H16BrNO4S. The molecule has 5 nitrogen and oxygen atoms in total. The first-order valence-corrected chi connectivity index (χ1v) is 9.98. The van der Waals surface area contributed by atoms with Crippen LogP contribution in [0, 0.1) is 17.0 Å². The Morgan fingerprint density at radius 2 is 1.75 bits per heavy atom. The molecule has 0 aliphatic heterocycles. The minimum atomic E-state index is -0.599. The fourth-order valence-corrected chi connectivity index (χ4v) is 3.58. The standard InChI is InChI=1S/C21H16BrNO4S/c1-14-2-9-18(10-3-14)28-20-11-6-16(12-19(20)23(25)26)21(24)27-13-15-4-7-17(22)8-5-15/h2-12H,13H2,1H3. The second-order valence-corrected chi connectivity index (χ2v) is 8.09. The number of nitro groups is 1. The van der Waals surface area contributed by atoms with E-state index in [4.69, 9.17) is 4.74 Å². The van der Waals surface area contributed by atoms with E-state index in [1.807, 2.05) is 55.5 Å². The third-order valence-corrected chi connectivity index (χ3v) is 5.52. The van der Waals surface area contributed by atoms with Gasteiger partial charge in [-0.15, -0.1) is 0 Å². The summed E-state index contributed by atoms with van der Waals surface area (Å²) in [6.07, 6.45) is 0. The normalized spacial score (nSPS) is 10.5. The topological polar surface area (TPSA) is 69.4 Å². The maximum absolute atomic E-state index is 12.3. The van der Waals surface area contributed by atoms with Gasteiger partial charge in [0.05, 0.1) is 15.4 Å². The van der Waals surface area contributed by atoms with E-state index in [0.717, 1.165) is 20.5 Å². The minimum Gasteiger partial charge on any atom is -0.457 e. The number of hydrogen-bond acceptors (Lipinski definition) is 5. The number of halogens is 1. The van der Waals surface area contributed by atoms with Crippen LogP contribution in [0.5, 0.6) is 0 Å². The number of aryl methyl sites for hydroxylation is 1. The molecule has 0 saturated heterocycles.